The number of nitrogens with one attached hydrogen (secondary N) is 1. The third kappa shape index (κ3) is 7.80. The molecule has 0 saturated carbocycles. The van der Waals surface area contributed by atoms with Gasteiger partial charge in [0.1, 0.15) is 11.8 Å². The highest BCUT2D eigenvalue weighted by atomic mass is 32.2. The normalized spacial score (nSPS) is 12.5. The first-order chi connectivity index (χ1) is 16.5. The third-order valence-corrected chi connectivity index (χ3v) is 7.49. The number of benzene rings is 2. The summed E-state index contributed by atoms with van der Waals surface area (Å²) >= 11 is 0. The summed E-state index contributed by atoms with van der Waals surface area (Å²) in [4.78, 5) is 28.0. The van der Waals surface area contributed by atoms with Crippen LogP contribution in [0.25, 0.3) is 0 Å². The van der Waals surface area contributed by atoms with Gasteiger partial charge in [-0.25, -0.2) is 8.42 Å². The summed E-state index contributed by atoms with van der Waals surface area (Å²) in [6, 6.07) is 12.9. The van der Waals surface area contributed by atoms with Gasteiger partial charge in [0.05, 0.1) is 18.6 Å². The predicted molar refractivity (Wildman–Crippen MR) is 136 cm³/mol. The largest absolute Gasteiger partial charge is 0.497 e. The Hall–Kier alpha value is -2.91. The van der Waals surface area contributed by atoms with Crippen LogP contribution in [-0.2, 0) is 26.2 Å². The highest BCUT2D eigenvalue weighted by Gasteiger charge is 2.31. The Bertz CT molecular complexity index is 1080. The average Bonchev–Trinajstić information content (AvgIpc) is 2.83. The quantitative estimate of drug-likeness (QED) is 0.480. The molecule has 1 N–H and O–H groups in total. The topological polar surface area (TPSA) is 96.0 Å². The van der Waals surface area contributed by atoms with Crippen LogP contribution in [0.15, 0.2) is 53.4 Å². The highest BCUT2D eigenvalue weighted by Crippen LogP contribution is 2.19. The van der Waals surface area contributed by atoms with E-state index in [1.807, 2.05) is 39.8 Å². The van der Waals surface area contributed by atoms with Crippen molar-refractivity contribution >= 4 is 21.8 Å². The molecule has 0 aliphatic heterocycles. The number of sulfonamides is 1. The molecular formula is C26H37N3O5S. The summed E-state index contributed by atoms with van der Waals surface area (Å²) in [5.41, 5.74) is 1.74. The second-order valence-corrected chi connectivity index (χ2v) is 11.1. The van der Waals surface area contributed by atoms with Crippen molar-refractivity contribution in [2.75, 3.05) is 27.2 Å². The van der Waals surface area contributed by atoms with Gasteiger partial charge in [-0.05, 0) is 49.1 Å². The van der Waals surface area contributed by atoms with Crippen molar-refractivity contribution in [1.29, 1.82) is 0 Å². The van der Waals surface area contributed by atoms with Gasteiger partial charge in [-0.15, -0.1) is 0 Å². The van der Waals surface area contributed by atoms with E-state index in [1.54, 1.807) is 31.4 Å². The lowest BCUT2D eigenvalue weighted by Gasteiger charge is -2.32. The summed E-state index contributed by atoms with van der Waals surface area (Å²) in [6.07, 6.45) is 0.389. The molecule has 192 valence electrons. The van der Waals surface area contributed by atoms with Crippen molar-refractivity contribution < 1.29 is 22.7 Å². The maximum absolute atomic E-state index is 13.5. The van der Waals surface area contributed by atoms with Gasteiger partial charge in [0.15, 0.2) is 0 Å². The molecule has 9 heteroatoms. The Labute approximate surface area is 209 Å². The maximum Gasteiger partial charge on any atom is 0.243 e. The van der Waals surface area contributed by atoms with Crippen LogP contribution >= 0.6 is 0 Å². The number of amides is 2. The molecule has 0 fully saturated rings. The van der Waals surface area contributed by atoms with E-state index in [1.165, 1.54) is 24.1 Å². The van der Waals surface area contributed by atoms with Crippen molar-refractivity contribution in [3.63, 3.8) is 0 Å². The van der Waals surface area contributed by atoms with E-state index in [2.05, 4.69) is 5.32 Å². The number of hydrogen-bond acceptors (Lipinski definition) is 5. The number of likely N-dealkylation sites (N-methyl/N-ethyl adjacent to an activating group) is 1. The monoisotopic (exact) mass is 503 g/mol. The van der Waals surface area contributed by atoms with Gasteiger partial charge in [-0.1, -0.05) is 50.6 Å². The second-order valence-electron chi connectivity index (χ2n) is 9.01. The summed E-state index contributed by atoms with van der Waals surface area (Å²) < 4.78 is 32.3. The zero-order valence-electron chi connectivity index (χ0n) is 21.4. The summed E-state index contributed by atoms with van der Waals surface area (Å²) in [6.45, 7) is 7.95. The zero-order valence-corrected chi connectivity index (χ0v) is 22.3. The lowest BCUT2D eigenvalue weighted by molar-refractivity contribution is -0.141. The van der Waals surface area contributed by atoms with Crippen molar-refractivity contribution in [3.05, 3.63) is 59.7 Å². The molecule has 0 aliphatic rings. The smallest absolute Gasteiger partial charge is 0.243 e. The lowest BCUT2D eigenvalue weighted by atomic mass is 10.1. The number of ether oxygens (including phenoxy) is 1. The Morgan fingerprint density at radius 1 is 1.03 bits per heavy atom. The molecule has 0 aliphatic carbocycles. The van der Waals surface area contributed by atoms with E-state index in [4.69, 9.17) is 4.74 Å². The number of carbonyl (C=O) groups is 2. The fraction of sp³-hybridized carbons (Fsp3) is 0.462. The third-order valence-electron chi connectivity index (χ3n) is 5.67. The van der Waals surface area contributed by atoms with E-state index in [-0.39, 0.29) is 29.8 Å². The van der Waals surface area contributed by atoms with Crippen LogP contribution in [0.5, 0.6) is 5.75 Å². The van der Waals surface area contributed by atoms with Crippen molar-refractivity contribution in [1.82, 2.24) is 14.5 Å². The minimum atomic E-state index is -3.87. The molecule has 2 aromatic carbocycles. The van der Waals surface area contributed by atoms with Crippen LogP contribution < -0.4 is 10.1 Å². The van der Waals surface area contributed by atoms with Crippen molar-refractivity contribution in [2.24, 2.45) is 5.92 Å². The molecule has 2 amide bonds. The number of carbonyl (C=O) groups excluding carboxylic acids is 2. The van der Waals surface area contributed by atoms with Crippen LogP contribution in [0, 0.1) is 12.8 Å². The van der Waals surface area contributed by atoms with E-state index in [0.29, 0.717) is 18.7 Å². The number of aryl methyl sites for hydroxylation is 1. The highest BCUT2D eigenvalue weighted by molar-refractivity contribution is 7.89. The molecule has 0 heterocycles. The predicted octanol–water partition coefficient (Wildman–Crippen LogP) is 3.20. The summed E-state index contributed by atoms with van der Waals surface area (Å²) in [7, 11) is -0.927. The molecule has 0 bridgehead atoms. The Morgan fingerprint density at radius 3 is 2.14 bits per heavy atom. The Kier molecular flexibility index (Phi) is 10.3. The molecule has 8 nitrogen and oxygen atoms in total. The second kappa shape index (κ2) is 12.7. The van der Waals surface area contributed by atoms with Crippen LogP contribution in [0.4, 0.5) is 0 Å². The number of rotatable bonds is 12. The first-order valence-corrected chi connectivity index (χ1v) is 13.2. The van der Waals surface area contributed by atoms with Crippen molar-refractivity contribution in [3.8, 4) is 5.75 Å². The van der Waals surface area contributed by atoms with Gasteiger partial charge in [0, 0.05) is 20.1 Å². The minimum absolute atomic E-state index is 0.113. The molecule has 0 unspecified atom stereocenters. The molecule has 2 rings (SSSR count). The fourth-order valence-electron chi connectivity index (χ4n) is 3.53. The standard InChI is InChI=1S/C26H37N3O5S/c1-7-24(26(31)27-16-19(2)3)29(17-21-10-12-22(34-6)13-11-21)25(30)18-28(5)35(32,33)23-14-8-20(4)9-15-23/h8-15,19,24H,7,16-18H2,1-6H3,(H,27,31)/t24-/m1/s1. The van der Waals surface area contributed by atoms with E-state index in [9.17, 15) is 18.0 Å². The van der Waals surface area contributed by atoms with Gasteiger partial charge in [-0.2, -0.15) is 4.31 Å². The fourth-order valence-corrected chi connectivity index (χ4v) is 4.65. The maximum atomic E-state index is 13.5. The first kappa shape index (κ1) is 28.3. The first-order valence-electron chi connectivity index (χ1n) is 11.7. The van der Waals surface area contributed by atoms with Crippen LogP contribution in [0.1, 0.15) is 38.3 Å². The number of hydrogen-bond donors (Lipinski definition) is 1. The van der Waals surface area contributed by atoms with Gasteiger partial charge in [0.2, 0.25) is 21.8 Å². The van der Waals surface area contributed by atoms with Gasteiger partial charge >= 0.3 is 0 Å². The molecule has 35 heavy (non-hydrogen) atoms. The molecular weight excluding hydrogens is 466 g/mol. The molecule has 0 spiro atoms. The van der Waals surface area contributed by atoms with E-state index < -0.39 is 22.0 Å². The van der Waals surface area contributed by atoms with Gasteiger partial charge in [-0.3, -0.25) is 9.59 Å². The minimum Gasteiger partial charge on any atom is -0.497 e. The average molecular weight is 504 g/mol. The zero-order chi connectivity index (χ0) is 26.2. The molecule has 1 atom stereocenters. The van der Waals surface area contributed by atoms with Crippen LogP contribution in [0.3, 0.4) is 0 Å². The molecule has 0 aromatic heterocycles. The van der Waals surface area contributed by atoms with E-state index in [0.717, 1.165) is 15.4 Å². The van der Waals surface area contributed by atoms with Gasteiger partial charge in [0.25, 0.3) is 0 Å². The lowest BCUT2D eigenvalue weighted by Crippen LogP contribution is -2.52. The summed E-state index contributed by atoms with van der Waals surface area (Å²) in [5, 5.41) is 2.90. The molecule has 0 saturated heterocycles. The van der Waals surface area contributed by atoms with Crippen LogP contribution in [0.2, 0.25) is 0 Å². The Balaban J connectivity index is 2.31. The number of methoxy groups -OCH3 is 1. The molecule has 2 aromatic rings. The Morgan fingerprint density at radius 2 is 1.63 bits per heavy atom. The summed E-state index contributed by atoms with van der Waals surface area (Å²) in [5.74, 6) is 0.225. The van der Waals surface area contributed by atoms with Gasteiger partial charge < -0.3 is 15.0 Å². The molecule has 0 radical (unpaired) electrons. The van der Waals surface area contributed by atoms with Crippen LogP contribution in [-0.4, -0.2) is 62.7 Å². The SMILES string of the molecule is CC[C@H](C(=O)NCC(C)C)N(Cc1ccc(OC)cc1)C(=O)CN(C)S(=O)(=O)c1ccc(C)cc1. The van der Waals surface area contributed by atoms with E-state index >= 15 is 0 Å². The number of nitrogens with zero attached hydrogens (tertiary/aromatic N) is 2. The van der Waals surface area contributed by atoms with Crippen molar-refractivity contribution in [2.45, 2.75) is 51.6 Å².